The van der Waals surface area contributed by atoms with E-state index in [-0.39, 0.29) is 29.1 Å². The topological polar surface area (TPSA) is 102 Å². The number of ketones is 1. The van der Waals surface area contributed by atoms with Crippen molar-refractivity contribution in [2.45, 2.75) is 84.7 Å². The molecule has 1 atom stereocenters. The molecule has 3 aliphatic rings. The van der Waals surface area contributed by atoms with Crippen LogP contribution in [-0.4, -0.2) is 63.7 Å². The third-order valence-corrected chi connectivity index (χ3v) is 9.46. The number of fused-ring (bicyclic) bond motifs is 1. The second kappa shape index (κ2) is 13.7. The van der Waals surface area contributed by atoms with Crippen molar-refractivity contribution >= 4 is 23.0 Å². The Morgan fingerprint density at radius 1 is 1.04 bits per heavy atom. The van der Waals surface area contributed by atoms with Gasteiger partial charge in [0.2, 0.25) is 5.88 Å². The van der Waals surface area contributed by atoms with Gasteiger partial charge in [-0.25, -0.2) is 14.1 Å². The van der Waals surface area contributed by atoms with Crippen LogP contribution in [0, 0.1) is 13.8 Å². The number of aryl methyl sites for hydroxylation is 2. The van der Waals surface area contributed by atoms with E-state index in [1.54, 1.807) is 18.3 Å². The Bertz CT molecular complexity index is 1650. The predicted octanol–water partition coefficient (Wildman–Crippen LogP) is 6.69. The van der Waals surface area contributed by atoms with Gasteiger partial charge in [-0.05, 0) is 100 Å². The second-order valence-electron chi connectivity index (χ2n) is 12.8. The lowest BCUT2D eigenvalue weighted by molar-refractivity contribution is 0.0972. The average Bonchev–Trinajstić information content (AvgIpc) is 3.64. The van der Waals surface area contributed by atoms with Gasteiger partial charge in [-0.3, -0.25) is 4.79 Å². The lowest BCUT2D eigenvalue weighted by Crippen LogP contribution is -2.45. The monoisotopic (exact) mass is 627 g/mol. The molecule has 1 fully saturated rings. The van der Waals surface area contributed by atoms with E-state index in [1.807, 2.05) is 6.92 Å². The fourth-order valence-corrected chi connectivity index (χ4v) is 7.09. The van der Waals surface area contributed by atoms with E-state index in [4.69, 9.17) is 10.5 Å². The van der Waals surface area contributed by atoms with Crippen LogP contribution in [0.5, 0.6) is 5.88 Å². The third-order valence-electron chi connectivity index (χ3n) is 9.46. The predicted molar refractivity (Wildman–Crippen MR) is 182 cm³/mol. The zero-order valence-electron chi connectivity index (χ0n) is 27.5. The average molecular weight is 628 g/mol. The molecule has 6 rings (SSSR count). The van der Waals surface area contributed by atoms with Crippen LogP contribution in [-0.2, 0) is 6.42 Å². The summed E-state index contributed by atoms with van der Waals surface area (Å²) in [5.41, 5.74) is 12.9. The van der Waals surface area contributed by atoms with Crippen molar-refractivity contribution in [1.82, 2.24) is 19.7 Å². The van der Waals surface area contributed by atoms with E-state index in [9.17, 15) is 9.18 Å². The van der Waals surface area contributed by atoms with E-state index in [2.05, 4.69) is 58.1 Å². The Labute approximate surface area is 271 Å². The molecule has 9 nitrogen and oxygen atoms in total. The molecule has 2 aliphatic heterocycles. The Kier molecular flexibility index (Phi) is 9.44. The summed E-state index contributed by atoms with van der Waals surface area (Å²) < 4.78 is 21.3. The number of carbonyl (C=O) groups is 1. The number of hydrogen-bond donors (Lipinski definition) is 2. The molecule has 2 aromatic heterocycles. The van der Waals surface area contributed by atoms with Crippen LogP contribution in [0.3, 0.4) is 0 Å². The quantitative estimate of drug-likeness (QED) is 0.227. The van der Waals surface area contributed by atoms with Crippen molar-refractivity contribution < 1.29 is 13.9 Å². The number of ether oxygens (including phenoxy) is 1. The Hall–Kier alpha value is -4.18. The van der Waals surface area contributed by atoms with Crippen LogP contribution < -0.4 is 20.7 Å². The molecule has 1 aliphatic carbocycles. The molecule has 0 spiro atoms. The number of nitrogens with zero attached hydrogens (tertiary/aromatic N) is 5. The molecule has 10 heteroatoms. The van der Waals surface area contributed by atoms with E-state index in [0.29, 0.717) is 30.1 Å². The van der Waals surface area contributed by atoms with E-state index in [1.165, 1.54) is 67.0 Å². The molecule has 0 bridgehead atoms. The second-order valence-corrected chi connectivity index (χ2v) is 12.8. The lowest BCUT2D eigenvalue weighted by atomic mass is 9.98. The number of nitrogen functional groups attached to an aromatic ring is 1. The number of anilines is 3. The number of allylic oxidation sites excluding steroid dienone is 3. The fraction of sp³-hybridized carbons (Fsp3) is 0.472. The van der Waals surface area contributed by atoms with Crippen LogP contribution in [0.15, 0.2) is 54.3 Å². The highest BCUT2D eigenvalue weighted by Crippen LogP contribution is 2.36. The normalized spacial score (nSPS) is 18.3. The van der Waals surface area contributed by atoms with Crippen LogP contribution >= 0.6 is 0 Å². The summed E-state index contributed by atoms with van der Waals surface area (Å²) in [7, 11) is 0. The van der Waals surface area contributed by atoms with Gasteiger partial charge in [-0.1, -0.05) is 19.9 Å². The van der Waals surface area contributed by atoms with Crippen molar-refractivity contribution in [2.24, 2.45) is 0 Å². The number of benzene rings is 1. The summed E-state index contributed by atoms with van der Waals surface area (Å²) >= 11 is 0. The van der Waals surface area contributed by atoms with E-state index in [0.717, 1.165) is 36.3 Å². The van der Waals surface area contributed by atoms with Gasteiger partial charge in [0, 0.05) is 43.0 Å². The van der Waals surface area contributed by atoms with Gasteiger partial charge in [0.05, 0.1) is 29.7 Å². The van der Waals surface area contributed by atoms with Gasteiger partial charge >= 0.3 is 0 Å². The molecule has 0 amide bonds. The van der Waals surface area contributed by atoms with Gasteiger partial charge in [0.15, 0.2) is 17.4 Å². The minimum absolute atomic E-state index is 0.0935. The first kappa shape index (κ1) is 31.8. The van der Waals surface area contributed by atoms with Gasteiger partial charge in [-0.2, -0.15) is 5.10 Å². The van der Waals surface area contributed by atoms with Crippen molar-refractivity contribution in [3.63, 3.8) is 0 Å². The fourth-order valence-electron chi connectivity index (χ4n) is 7.09. The van der Waals surface area contributed by atoms with Gasteiger partial charge < -0.3 is 25.6 Å². The highest BCUT2D eigenvalue weighted by molar-refractivity contribution is 6.06. The lowest BCUT2D eigenvalue weighted by Gasteiger charge is -2.40. The molecule has 0 saturated carbocycles. The van der Waals surface area contributed by atoms with Crippen LogP contribution in [0.4, 0.5) is 21.6 Å². The summed E-state index contributed by atoms with van der Waals surface area (Å²) in [4.78, 5) is 23.3. The molecule has 4 heterocycles. The molecular weight excluding hydrogens is 581 g/mol. The number of halogens is 1. The maximum Gasteiger partial charge on any atom is 0.219 e. The number of nitrogens with two attached hydrogens (primary N) is 1. The number of piperidine rings is 1. The molecule has 46 heavy (non-hydrogen) atoms. The van der Waals surface area contributed by atoms with Crippen molar-refractivity contribution in [1.29, 1.82) is 0 Å². The Morgan fingerprint density at radius 3 is 2.46 bits per heavy atom. The van der Waals surface area contributed by atoms with Crippen LogP contribution in [0.1, 0.15) is 79.4 Å². The maximum absolute atomic E-state index is 14.1. The smallest absolute Gasteiger partial charge is 0.219 e. The highest BCUT2D eigenvalue weighted by atomic mass is 19.1. The third kappa shape index (κ3) is 6.40. The van der Waals surface area contributed by atoms with Crippen LogP contribution in [0.25, 0.3) is 5.69 Å². The number of hydrogen-bond acceptors (Lipinski definition) is 8. The van der Waals surface area contributed by atoms with Gasteiger partial charge in [-0.15, -0.1) is 0 Å². The number of nitrogens with one attached hydrogen (secondary N) is 1. The summed E-state index contributed by atoms with van der Waals surface area (Å²) in [5, 5.41) is 7.94. The molecule has 1 unspecified atom stereocenters. The number of Topliss-reactive ketones (excluding diaryl/α,β-unsaturated/α-hetero) is 1. The molecule has 0 radical (unpaired) electrons. The molecule has 1 saturated heterocycles. The molecular formula is C36H46FN7O2. The first-order valence-corrected chi connectivity index (χ1v) is 16.7. The molecule has 244 valence electrons. The molecule has 1 aromatic carbocycles. The molecule has 3 N–H and O–H groups in total. The number of aromatic nitrogens is 3. The van der Waals surface area contributed by atoms with Gasteiger partial charge in [0.1, 0.15) is 5.82 Å². The van der Waals surface area contributed by atoms with E-state index >= 15 is 0 Å². The van der Waals surface area contributed by atoms with E-state index < -0.39 is 6.04 Å². The highest BCUT2D eigenvalue weighted by Gasteiger charge is 2.32. The first-order valence-electron chi connectivity index (χ1n) is 16.7. The number of carbonyl (C=O) groups excluding carboxylic acids is 1. The maximum atomic E-state index is 14.1. The zero-order chi connectivity index (χ0) is 32.4. The van der Waals surface area contributed by atoms with Crippen LogP contribution in [0.2, 0.25) is 0 Å². The van der Waals surface area contributed by atoms with Gasteiger partial charge in [0.25, 0.3) is 0 Å². The van der Waals surface area contributed by atoms with Crippen molar-refractivity contribution in [3.05, 3.63) is 76.6 Å². The summed E-state index contributed by atoms with van der Waals surface area (Å²) in [6.45, 7) is 13.0. The Morgan fingerprint density at radius 2 is 1.76 bits per heavy atom. The minimum atomic E-state index is -0.423. The first-order chi connectivity index (χ1) is 22.3. The minimum Gasteiger partial charge on any atom is -0.436 e. The number of pyridine rings is 1. The standard InChI is InChI=1S/C36H46FN7O2/c1-5-13-42(14-6-2)26-11-15-43(16-12-26)31-20-29-25(17-23(31)3)19-30(41-29)35(45)27-21-40-44(36(27)38)32-22-39-34(18-24(32)4)46-33-10-8-7-9-28(33)37/h9-10,17-18,20-22,26,30,41H,5-8,11-16,19,38H2,1-4H3. The van der Waals surface area contributed by atoms with Crippen molar-refractivity contribution in [3.8, 4) is 11.6 Å². The van der Waals surface area contributed by atoms with Crippen molar-refractivity contribution in [2.75, 3.05) is 42.1 Å². The summed E-state index contributed by atoms with van der Waals surface area (Å²) in [6, 6.07) is 6.40. The number of rotatable bonds is 11. The largest absolute Gasteiger partial charge is 0.436 e. The SMILES string of the molecule is CCCN(CCC)C1CCN(c2cc3c(cc2C)CC(C(=O)c2cnn(-c4cnc(OC5=CCCC=C5F)cc4C)c2N)N3)CC1. The Balaban J connectivity index is 1.12. The summed E-state index contributed by atoms with van der Waals surface area (Å²) in [5.74, 6) is 0.233. The zero-order valence-corrected chi connectivity index (χ0v) is 27.5. The molecule has 3 aromatic rings. The summed E-state index contributed by atoms with van der Waals surface area (Å²) in [6.07, 6.45) is 13.0.